The maximum Gasteiger partial charge on any atom is 0.251 e. The van der Waals surface area contributed by atoms with Gasteiger partial charge >= 0.3 is 0 Å². The van der Waals surface area contributed by atoms with E-state index in [4.69, 9.17) is 0 Å². The normalized spacial score (nSPS) is 10.7. The number of H-pyrrole nitrogens is 1. The van der Waals surface area contributed by atoms with Crippen molar-refractivity contribution >= 4 is 22.5 Å². The summed E-state index contributed by atoms with van der Waals surface area (Å²) < 4.78 is 0. The number of carbonyl (C=O) groups excluding carboxylic acids is 1. The number of anilines is 1. The first-order chi connectivity index (χ1) is 11.1. The van der Waals surface area contributed by atoms with Gasteiger partial charge in [-0.05, 0) is 42.3 Å². The van der Waals surface area contributed by atoms with Gasteiger partial charge in [0.15, 0.2) is 0 Å². The molecule has 0 unspecified atom stereocenters. The highest BCUT2D eigenvalue weighted by atomic mass is 16.1. The van der Waals surface area contributed by atoms with Crippen LogP contribution in [0.2, 0.25) is 0 Å². The maximum atomic E-state index is 12.2. The van der Waals surface area contributed by atoms with Gasteiger partial charge in [0.05, 0.1) is 0 Å². The second kappa shape index (κ2) is 6.57. The highest BCUT2D eigenvalue weighted by Gasteiger charge is 2.07. The summed E-state index contributed by atoms with van der Waals surface area (Å²) in [4.78, 5) is 17.5. The largest absolute Gasteiger partial charge is 0.378 e. The van der Waals surface area contributed by atoms with Gasteiger partial charge in [-0.3, -0.25) is 4.79 Å². The van der Waals surface area contributed by atoms with Gasteiger partial charge in [-0.2, -0.15) is 0 Å². The highest BCUT2D eigenvalue weighted by Crippen LogP contribution is 2.17. The molecule has 0 radical (unpaired) electrons. The van der Waals surface area contributed by atoms with E-state index in [0.29, 0.717) is 12.1 Å². The Labute approximate surface area is 136 Å². The van der Waals surface area contributed by atoms with Gasteiger partial charge in [-0.1, -0.05) is 18.2 Å². The van der Waals surface area contributed by atoms with Crippen molar-refractivity contribution in [3.8, 4) is 0 Å². The van der Waals surface area contributed by atoms with E-state index in [1.807, 2.05) is 61.6 Å². The third-order valence-electron chi connectivity index (χ3n) is 4.00. The zero-order valence-electron chi connectivity index (χ0n) is 13.5. The van der Waals surface area contributed by atoms with Gasteiger partial charge in [0, 0.05) is 49.0 Å². The molecule has 4 heteroatoms. The molecule has 0 fully saturated rings. The van der Waals surface area contributed by atoms with Crippen LogP contribution in [0.1, 0.15) is 15.9 Å². The summed E-state index contributed by atoms with van der Waals surface area (Å²) in [6, 6.07) is 15.8. The molecule has 2 N–H and O–H groups in total. The van der Waals surface area contributed by atoms with Crippen molar-refractivity contribution in [1.82, 2.24) is 10.3 Å². The number of rotatable bonds is 5. The van der Waals surface area contributed by atoms with E-state index < -0.39 is 0 Å². The van der Waals surface area contributed by atoms with Crippen molar-refractivity contribution in [3.63, 3.8) is 0 Å². The lowest BCUT2D eigenvalue weighted by Gasteiger charge is -2.12. The molecule has 0 aliphatic rings. The Kier molecular flexibility index (Phi) is 4.33. The average molecular weight is 307 g/mol. The molecular formula is C19H21N3O. The molecule has 1 heterocycles. The SMILES string of the molecule is CN(C)c1ccc(C(=O)NCCc2c[nH]c3ccccc23)cc1. The minimum absolute atomic E-state index is 0.0323. The summed E-state index contributed by atoms with van der Waals surface area (Å²) in [7, 11) is 3.96. The van der Waals surface area contributed by atoms with Crippen molar-refractivity contribution in [1.29, 1.82) is 0 Å². The standard InChI is InChI=1S/C19H21N3O/c1-22(2)16-9-7-14(8-10-16)19(23)20-12-11-15-13-21-18-6-4-3-5-17(15)18/h3-10,13,21H,11-12H2,1-2H3,(H,20,23). The third kappa shape index (κ3) is 3.37. The molecule has 4 nitrogen and oxygen atoms in total. The zero-order chi connectivity index (χ0) is 16.2. The first-order valence-electron chi connectivity index (χ1n) is 7.76. The summed E-state index contributed by atoms with van der Waals surface area (Å²) in [5.41, 5.74) is 4.13. The van der Waals surface area contributed by atoms with E-state index in [1.54, 1.807) is 0 Å². The molecule has 1 aromatic heterocycles. The van der Waals surface area contributed by atoms with Crippen LogP contribution in [0.15, 0.2) is 54.7 Å². The monoisotopic (exact) mass is 307 g/mol. The Morgan fingerprint density at radius 3 is 2.57 bits per heavy atom. The number of nitrogens with one attached hydrogen (secondary N) is 2. The molecule has 118 valence electrons. The molecular weight excluding hydrogens is 286 g/mol. The molecule has 0 aliphatic carbocycles. The predicted molar refractivity (Wildman–Crippen MR) is 95.1 cm³/mol. The highest BCUT2D eigenvalue weighted by molar-refractivity contribution is 5.94. The van der Waals surface area contributed by atoms with Crippen LogP contribution in [0.4, 0.5) is 5.69 Å². The molecule has 0 aliphatic heterocycles. The molecule has 3 aromatic rings. The lowest BCUT2D eigenvalue weighted by molar-refractivity contribution is 0.0954. The number of carbonyl (C=O) groups is 1. The Morgan fingerprint density at radius 2 is 1.83 bits per heavy atom. The summed E-state index contributed by atoms with van der Waals surface area (Å²) in [6.07, 6.45) is 2.83. The molecule has 0 bridgehead atoms. The molecule has 3 rings (SSSR count). The number of fused-ring (bicyclic) bond motifs is 1. The summed E-state index contributed by atoms with van der Waals surface area (Å²) in [5, 5.41) is 4.20. The fraction of sp³-hybridized carbons (Fsp3) is 0.211. The second-order valence-corrected chi connectivity index (χ2v) is 5.81. The van der Waals surface area contributed by atoms with E-state index in [1.165, 1.54) is 10.9 Å². The van der Waals surface area contributed by atoms with Gasteiger partial charge < -0.3 is 15.2 Å². The zero-order valence-corrected chi connectivity index (χ0v) is 13.5. The van der Waals surface area contributed by atoms with Gasteiger partial charge in [-0.25, -0.2) is 0 Å². The number of hydrogen-bond acceptors (Lipinski definition) is 2. The fourth-order valence-electron chi connectivity index (χ4n) is 2.66. The van der Waals surface area contributed by atoms with Crippen LogP contribution in [0.5, 0.6) is 0 Å². The van der Waals surface area contributed by atoms with E-state index in [-0.39, 0.29) is 5.91 Å². The van der Waals surface area contributed by atoms with Crippen molar-refractivity contribution in [3.05, 3.63) is 65.9 Å². The van der Waals surface area contributed by atoms with Gasteiger partial charge in [0.1, 0.15) is 0 Å². The first kappa shape index (κ1) is 15.2. The minimum atomic E-state index is -0.0323. The van der Waals surface area contributed by atoms with Crippen molar-refractivity contribution < 1.29 is 4.79 Å². The summed E-state index contributed by atoms with van der Waals surface area (Å²) in [5.74, 6) is -0.0323. The van der Waals surface area contributed by atoms with Gasteiger partial charge in [-0.15, -0.1) is 0 Å². The Hall–Kier alpha value is -2.75. The number of amides is 1. The van der Waals surface area contributed by atoms with E-state index in [0.717, 1.165) is 17.6 Å². The van der Waals surface area contributed by atoms with Crippen LogP contribution < -0.4 is 10.2 Å². The minimum Gasteiger partial charge on any atom is -0.378 e. The molecule has 0 atom stereocenters. The van der Waals surface area contributed by atoms with E-state index >= 15 is 0 Å². The van der Waals surface area contributed by atoms with Crippen LogP contribution >= 0.6 is 0 Å². The van der Waals surface area contributed by atoms with Crippen LogP contribution in [0.3, 0.4) is 0 Å². The van der Waals surface area contributed by atoms with E-state index in [2.05, 4.69) is 22.4 Å². The molecule has 0 saturated carbocycles. The molecule has 1 amide bonds. The first-order valence-corrected chi connectivity index (χ1v) is 7.76. The van der Waals surface area contributed by atoms with Crippen molar-refractivity contribution in [2.75, 3.05) is 25.5 Å². The van der Waals surface area contributed by atoms with Gasteiger partial charge in [0.2, 0.25) is 0 Å². The molecule has 2 aromatic carbocycles. The number of nitrogens with zero attached hydrogens (tertiary/aromatic N) is 1. The van der Waals surface area contributed by atoms with Gasteiger partial charge in [0.25, 0.3) is 5.91 Å². The average Bonchev–Trinajstić information content (AvgIpc) is 2.98. The lowest BCUT2D eigenvalue weighted by atomic mass is 10.1. The van der Waals surface area contributed by atoms with Crippen LogP contribution in [0, 0.1) is 0 Å². The van der Waals surface area contributed by atoms with Crippen LogP contribution in [-0.2, 0) is 6.42 Å². The second-order valence-electron chi connectivity index (χ2n) is 5.81. The summed E-state index contributed by atoms with van der Waals surface area (Å²) >= 11 is 0. The van der Waals surface area contributed by atoms with Crippen molar-refractivity contribution in [2.24, 2.45) is 0 Å². The lowest BCUT2D eigenvalue weighted by Crippen LogP contribution is -2.25. The fourth-order valence-corrected chi connectivity index (χ4v) is 2.66. The number of aromatic amines is 1. The molecule has 0 spiro atoms. The molecule has 23 heavy (non-hydrogen) atoms. The number of benzene rings is 2. The van der Waals surface area contributed by atoms with Crippen LogP contribution in [0.25, 0.3) is 10.9 Å². The van der Waals surface area contributed by atoms with Crippen molar-refractivity contribution in [2.45, 2.75) is 6.42 Å². The molecule has 0 saturated heterocycles. The van der Waals surface area contributed by atoms with Crippen LogP contribution in [-0.4, -0.2) is 31.5 Å². The number of para-hydroxylation sites is 1. The number of hydrogen-bond donors (Lipinski definition) is 2. The quantitative estimate of drug-likeness (QED) is 0.760. The predicted octanol–water partition coefficient (Wildman–Crippen LogP) is 3.21. The Bertz CT molecular complexity index is 803. The summed E-state index contributed by atoms with van der Waals surface area (Å²) in [6.45, 7) is 0.621. The number of aromatic nitrogens is 1. The Balaban J connectivity index is 1.59. The topological polar surface area (TPSA) is 48.1 Å². The van der Waals surface area contributed by atoms with E-state index in [9.17, 15) is 4.79 Å². The third-order valence-corrected chi connectivity index (χ3v) is 4.00. The smallest absolute Gasteiger partial charge is 0.251 e. The maximum absolute atomic E-state index is 12.2. The Morgan fingerprint density at radius 1 is 1.09 bits per heavy atom.